The van der Waals surface area contributed by atoms with Crippen molar-refractivity contribution in [1.29, 1.82) is 0 Å². The number of carbonyl (C=O) groups is 3. The molecule has 0 aromatic heterocycles. The van der Waals surface area contributed by atoms with E-state index in [1.165, 1.54) is 12.0 Å². The first-order valence-corrected chi connectivity index (χ1v) is 15.0. The number of methoxy groups -OCH3 is 1. The number of likely N-dealkylation sites (N-methyl/N-ethyl adjacent to an activating group) is 1. The third-order valence-electron chi connectivity index (χ3n) is 9.23. The Morgan fingerprint density at radius 1 is 1.07 bits per heavy atom. The van der Waals surface area contributed by atoms with E-state index in [9.17, 15) is 14.4 Å². The van der Waals surface area contributed by atoms with Gasteiger partial charge in [-0.2, -0.15) is 0 Å². The minimum atomic E-state index is -1.17. The number of nitrogens with zero attached hydrogens (tertiary/aromatic N) is 2. The summed E-state index contributed by atoms with van der Waals surface area (Å²) in [5, 5.41) is 6.21. The highest BCUT2D eigenvalue weighted by Gasteiger charge is 2.72. The van der Waals surface area contributed by atoms with Crippen LogP contribution >= 0.6 is 0 Å². The van der Waals surface area contributed by atoms with E-state index in [0.29, 0.717) is 24.5 Å². The van der Waals surface area contributed by atoms with Gasteiger partial charge in [-0.25, -0.2) is 0 Å². The van der Waals surface area contributed by atoms with Crippen molar-refractivity contribution in [2.75, 3.05) is 32.6 Å². The fraction of sp³-hybridized carbons (Fsp3) is 0.485. The fourth-order valence-corrected chi connectivity index (χ4v) is 7.21. The smallest absolute Gasteiger partial charge is 0.246 e. The van der Waals surface area contributed by atoms with Crippen LogP contribution in [0.25, 0.3) is 0 Å². The molecule has 3 aliphatic heterocycles. The average Bonchev–Trinajstić information content (AvgIpc) is 3.64. The van der Waals surface area contributed by atoms with E-state index in [4.69, 9.17) is 9.47 Å². The molecule has 1 saturated carbocycles. The molecule has 5 unspecified atom stereocenters. The Bertz CT molecular complexity index is 1340. The van der Waals surface area contributed by atoms with E-state index < -0.39 is 29.6 Å². The molecule has 2 aromatic rings. The Morgan fingerprint density at radius 3 is 2.62 bits per heavy atom. The summed E-state index contributed by atoms with van der Waals surface area (Å²) in [5.41, 5.74) is 0.583. The molecule has 4 aliphatic rings. The molecule has 5 atom stereocenters. The summed E-state index contributed by atoms with van der Waals surface area (Å²) in [4.78, 5) is 45.8. The molecule has 0 radical (unpaired) electrons. The van der Waals surface area contributed by atoms with Crippen LogP contribution in [-0.4, -0.2) is 78.6 Å². The number of likely N-dealkylation sites (tertiary alicyclic amines) is 1. The molecule has 1 spiro atoms. The molecule has 3 amide bonds. The lowest BCUT2D eigenvalue weighted by Gasteiger charge is -2.34. The van der Waals surface area contributed by atoms with Crippen molar-refractivity contribution >= 4 is 23.4 Å². The van der Waals surface area contributed by atoms with E-state index >= 15 is 0 Å². The van der Waals surface area contributed by atoms with Gasteiger partial charge in [-0.1, -0.05) is 67.8 Å². The number of ether oxygens (including phenoxy) is 2. The zero-order valence-corrected chi connectivity index (χ0v) is 24.3. The van der Waals surface area contributed by atoms with Gasteiger partial charge in [0.05, 0.1) is 25.0 Å². The quantitative estimate of drug-likeness (QED) is 0.424. The molecule has 1 aliphatic carbocycles. The molecule has 2 N–H and O–H groups in total. The van der Waals surface area contributed by atoms with Gasteiger partial charge in [0.15, 0.2) is 0 Å². The summed E-state index contributed by atoms with van der Waals surface area (Å²) in [6, 6.07) is 16.5. The van der Waals surface area contributed by atoms with E-state index in [1.807, 2.05) is 37.4 Å². The zero-order chi connectivity index (χ0) is 29.3. The number of anilines is 1. The molecule has 2 aromatic carbocycles. The molecule has 6 rings (SSSR count). The number of hydrogen-bond donors (Lipinski definition) is 2. The van der Waals surface area contributed by atoms with Gasteiger partial charge >= 0.3 is 0 Å². The summed E-state index contributed by atoms with van der Waals surface area (Å²) < 4.78 is 11.8. The number of hydrogen-bond acceptors (Lipinski definition) is 6. The van der Waals surface area contributed by atoms with Crippen molar-refractivity contribution in [3.63, 3.8) is 0 Å². The molecule has 9 heteroatoms. The zero-order valence-electron chi connectivity index (χ0n) is 24.3. The third-order valence-corrected chi connectivity index (χ3v) is 9.23. The van der Waals surface area contributed by atoms with Crippen molar-refractivity contribution < 1.29 is 23.9 Å². The second kappa shape index (κ2) is 11.9. The summed E-state index contributed by atoms with van der Waals surface area (Å²) in [6.45, 7) is 1.65. The molecule has 222 valence electrons. The lowest BCUT2D eigenvalue weighted by Crippen LogP contribution is -2.57. The molecule has 42 heavy (non-hydrogen) atoms. The first-order valence-electron chi connectivity index (χ1n) is 15.0. The van der Waals surface area contributed by atoms with Crippen LogP contribution in [0.5, 0.6) is 5.75 Å². The molecular weight excluding hydrogens is 532 g/mol. The van der Waals surface area contributed by atoms with Crippen molar-refractivity contribution in [3.05, 3.63) is 72.3 Å². The third kappa shape index (κ3) is 5.31. The molecule has 9 nitrogen and oxygen atoms in total. The second-order valence-electron chi connectivity index (χ2n) is 12.0. The van der Waals surface area contributed by atoms with Gasteiger partial charge in [0.1, 0.15) is 17.4 Å². The molecule has 3 heterocycles. The maximum absolute atomic E-state index is 14.2. The van der Waals surface area contributed by atoms with Crippen molar-refractivity contribution in [2.24, 2.45) is 11.8 Å². The van der Waals surface area contributed by atoms with Gasteiger partial charge in [-0.3, -0.25) is 14.4 Å². The maximum atomic E-state index is 14.2. The lowest BCUT2D eigenvalue weighted by molar-refractivity contribution is -0.141. The minimum Gasteiger partial charge on any atom is -0.497 e. The van der Waals surface area contributed by atoms with Gasteiger partial charge in [-0.05, 0) is 37.6 Å². The minimum absolute atomic E-state index is 0.0918. The number of rotatable bonds is 10. The standard InChI is InChI=1S/C33H40N4O5/c1-36(21-22-10-5-3-6-11-22)18-19-37-29(31(39)34-23-12-7-4-8-13-23)33-17-16-26(42-33)27(28(33)32(37)40)30(38)35-24-14-9-15-25(20-24)41-2/h3,5-6,9-11,14-17,20,23,26-29H,4,7-8,12-13,18-19,21H2,1-2H3,(H,34,39)(H,35,38). The summed E-state index contributed by atoms with van der Waals surface area (Å²) in [5.74, 6) is -1.60. The monoisotopic (exact) mass is 572 g/mol. The Labute approximate surface area is 247 Å². The number of benzene rings is 2. The van der Waals surface area contributed by atoms with Crippen LogP contribution in [0.1, 0.15) is 37.7 Å². The van der Waals surface area contributed by atoms with Crippen molar-refractivity contribution in [3.8, 4) is 5.75 Å². The average molecular weight is 573 g/mol. The Hall–Kier alpha value is -3.69. The predicted octanol–water partition coefficient (Wildman–Crippen LogP) is 3.37. The van der Waals surface area contributed by atoms with Crippen molar-refractivity contribution in [1.82, 2.24) is 15.1 Å². The molecule has 2 saturated heterocycles. The van der Waals surface area contributed by atoms with Crippen LogP contribution in [0, 0.1) is 11.8 Å². The first-order chi connectivity index (χ1) is 20.4. The van der Waals surface area contributed by atoms with Gasteiger partial charge in [-0.15, -0.1) is 0 Å². The SMILES string of the molecule is COc1cccc(NC(=O)C2C3C=CC4(O3)C2C(=O)N(CCN(C)Cc2ccccc2)C4C(=O)NC2CCCCC2)c1. The van der Waals surface area contributed by atoms with Gasteiger partial charge < -0.3 is 29.9 Å². The van der Waals surface area contributed by atoms with E-state index in [1.54, 1.807) is 36.3 Å². The van der Waals surface area contributed by atoms with Gasteiger partial charge in [0.25, 0.3) is 0 Å². The van der Waals surface area contributed by atoms with E-state index in [-0.39, 0.29) is 23.8 Å². The number of nitrogens with one attached hydrogen (secondary N) is 2. The molecular formula is C33H40N4O5. The summed E-state index contributed by atoms with van der Waals surface area (Å²) in [7, 11) is 3.58. The van der Waals surface area contributed by atoms with Crippen LogP contribution in [0.4, 0.5) is 5.69 Å². The predicted molar refractivity (Wildman–Crippen MR) is 159 cm³/mol. The Kier molecular flexibility index (Phi) is 8.05. The van der Waals surface area contributed by atoms with Crippen LogP contribution in [0.2, 0.25) is 0 Å². The Balaban J connectivity index is 1.24. The Morgan fingerprint density at radius 2 is 1.86 bits per heavy atom. The number of amides is 3. The fourth-order valence-electron chi connectivity index (χ4n) is 7.21. The van der Waals surface area contributed by atoms with Crippen LogP contribution < -0.4 is 15.4 Å². The maximum Gasteiger partial charge on any atom is 0.246 e. The lowest BCUT2D eigenvalue weighted by atomic mass is 9.74. The highest BCUT2D eigenvalue weighted by molar-refractivity contribution is 6.02. The molecule has 2 bridgehead atoms. The van der Waals surface area contributed by atoms with E-state index in [2.05, 4.69) is 27.7 Å². The highest BCUT2D eigenvalue weighted by atomic mass is 16.5. The largest absolute Gasteiger partial charge is 0.497 e. The molecule has 3 fully saturated rings. The summed E-state index contributed by atoms with van der Waals surface area (Å²) >= 11 is 0. The topological polar surface area (TPSA) is 100 Å². The van der Waals surface area contributed by atoms with Crippen LogP contribution in [-0.2, 0) is 25.7 Å². The van der Waals surface area contributed by atoms with Crippen LogP contribution in [0.3, 0.4) is 0 Å². The van der Waals surface area contributed by atoms with E-state index in [0.717, 1.165) is 32.2 Å². The van der Waals surface area contributed by atoms with Gasteiger partial charge in [0.2, 0.25) is 17.7 Å². The first kappa shape index (κ1) is 28.4. The summed E-state index contributed by atoms with van der Waals surface area (Å²) in [6.07, 6.45) is 8.37. The van der Waals surface area contributed by atoms with Gasteiger partial charge in [0, 0.05) is 37.4 Å². The second-order valence-corrected chi connectivity index (χ2v) is 12.0. The van der Waals surface area contributed by atoms with Crippen LogP contribution in [0.15, 0.2) is 66.7 Å². The highest BCUT2D eigenvalue weighted by Crippen LogP contribution is 2.55. The normalized spacial score (nSPS) is 28.3. The van der Waals surface area contributed by atoms with Crippen molar-refractivity contribution in [2.45, 2.75) is 62.4 Å². The number of fused-ring (bicyclic) bond motifs is 1. The number of carbonyl (C=O) groups excluding carboxylic acids is 3.